The van der Waals surface area contributed by atoms with Gasteiger partial charge in [-0.25, -0.2) is 0 Å². The second kappa shape index (κ2) is 6.47. The molecular weight excluding hydrogens is 288 g/mol. The van der Waals surface area contributed by atoms with Crippen LogP contribution in [-0.4, -0.2) is 34.2 Å². The Balaban J connectivity index is 1.57. The molecule has 3 rings (SSSR count). The molecule has 106 valence electrons. The predicted octanol–water partition coefficient (Wildman–Crippen LogP) is 3.28. The van der Waals surface area contributed by atoms with Gasteiger partial charge in [-0.1, -0.05) is 41.7 Å². The standard InChI is InChI=1S/C14H18N4S2/c19-14-17-16-13(20-14)15-12-7-4-8-18(10-12)9-11-5-2-1-3-6-11/h1-3,5-6,12H,4,7-10H2,(H,15,16)(H,17,19). The van der Waals surface area contributed by atoms with Crippen LogP contribution in [0.4, 0.5) is 5.13 Å². The molecule has 1 aliphatic heterocycles. The van der Waals surface area contributed by atoms with Gasteiger partial charge in [0.15, 0.2) is 3.95 Å². The quantitative estimate of drug-likeness (QED) is 0.851. The molecule has 20 heavy (non-hydrogen) atoms. The Hall–Kier alpha value is -1.24. The third kappa shape index (κ3) is 3.65. The first-order valence-electron chi connectivity index (χ1n) is 6.88. The fourth-order valence-electron chi connectivity index (χ4n) is 2.62. The minimum Gasteiger partial charge on any atom is -0.356 e. The first kappa shape index (κ1) is 13.7. The second-order valence-electron chi connectivity index (χ2n) is 5.12. The molecule has 1 aliphatic rings. The van der Waals surface area contributed by atoms with Gasteiger partial charge in [-0.3, -0.25) is 10.00 Å². The molecule has 2 heterocycles. The van der Waals surface area contributed by atoms with Crippen molar-refractivity contribution < 1.29 is 0 Å². The molecule has 0 radical (unpaired) electrons. The maximum atomic E-state index is 5.06. The van der Waals surface area contributed by atoms with Gasteiger partial charge in [0.05, 0.1) is 0 Å². The number of aromatic nitrogens is 2. The molecule has 2 aromatic rings. The summed E-state index contributed by atoms with van der Waals surface area (Å²) >= 11 is 6.57. The molecule has 0 amide bonds. The maximum Gasteiger partial charge on any atom is 0.204 e. The lowest BCUT2D eigenvalue weighted by atomic mass is 10.1. The highest BCUT2D eigenvalue weighted by Gasteiger charge is 2.20. The molecule has 0 aliphatic carbocycles. The van der Waals surface area contributed by atoms with Gasteiger partial charge in [-0.15, -0.1) is 5.10 Å². The van der Waals surface area contributed by atoms with Crippen LogP contribution in [0, 0.1) is 3.95 Å². The Bertz CT molecular complexity index is 592. The monoisotopic (exact) mass is 306 g/mol. The molecule has 0 saturated carbocycles. The van der Waals surface area contributed by atoms with Crippen LogP contribution in [0.25, 0.3) is 0 Å². The van der Waals surface area contributed by atoms with E-state index in [1.54, 1.807) is 0 Å². The van der Waals surface area contributed by atoms with Gasteiger partial charge < -0.3 is 5.32 Å². The maximum absolute atomic E-state index is 5.06. The summed E-state index contributed by atoms with van der Waals surface area (Å²) in [6, 6.07) is 11.1. The van der Waals surface area contributed by atoms with Crippen LogP contribution < -0.4 is 5.32 Å². The number of rotatable bonds is 4. The topological polar surface area (TPSA) is 44.0 Å². The van der Waals surface area contributed by atoms with Crippen LogP contribution in [0.15, 0.2) is 30.3 Å². The Morgan fingerprint density at radius 1 is 1.40 bits per heavy atom. The molecule has 4 nitrogen and oxygen atoms in total. The Morgan fingerprint density at radius 3 is 3.00 bits per heavy atom. The second-order valence-corrected chi connectivity index (χ2v) is 6.79. The summed E-state index contributed by atoms with van der Waals surface area (Å²) in [5.74, 6) is 0. The number of anilines is 1. The number of likely N-dealkylation sites (tertiary alicyclic amines) is 1. The van der Waals surface area contributed by atoms with Crippen molar-refractivity contribution in [2.45, 2.75) is 25.4 Å². The SMILES string of the molecule is S=c1[nH]nc(NC2CCCN(Cc3ccccc3)C2)s1. The number of hydrogen-bond donors (Lipinski definition) is 2. The fraction of sp³-hybridized carbons (Fsp3) is 0.429. The molecule has 0 bridgehead atoms. The van der Waals surface area contributed by atoms with E-state index in [4.69, 9.17) is 12.2 Å². The Labute approximate surface area is 127 Å². The smallest absolute Gasteiger partial charge is 0.204 e. The van der Waals surface area contributed by atoms with Gasteiger partial charge in [0.1, 0.15) is 0 Å². The van der Waals surface area contributed by atoms with Crippen LogP contribution in [-0.2, 0) is 6.54 Å². The van der Waals surface area contributed by atoms with Crippen molar-refractivity contribution in [3.8, 4) is 0 Å². The zero-order valence-corrected chi connectivity index (χ0v) is 12.8. The van der Waals surface area contributed by atoms with Crippen LogP contribution in [0.5, 0.6) is 0 Å². The van der Waals surface area contributed by atoms with Crippen molar-refractivity contribution in [2.75, 3.05) is 18.4 Å². The van der Waals surface area contributed by atoms with Crippen molar-refractivity contribution in [1.29, 1.82) is 0 Å². The Kier molecular flexibility index (Phi) is 4.44. The van der Waals surface area contributed by atoms with E-state index in [9.17, 15) is 0 Å². The first-order chi connectivity index (χ1) is 9.79. The van der Waals surface area contributed by atoms with Gasteiger partial charge in [0.25, 0.3) is 0 Å². The summed E-state index contributed by atoms with van der Waals surface area (Å²) in [5, 5.41) is 11.4. The van der Waals surface area contributed by atoms with Crippen molar-refractivity contribution in [3.05, 3.63) is 39.8 Å². The lowest BCUT2D eigenvalue weighted by Gasteiger charge is -2.33. The van der Waals surface area contributed by atoms with Crippen LogP contribution in [0.2, 0.25) is 0 Å². The normalized spacial score (nSPS) is 19.9. The number of piperidine rings is 1. The lowest BCUT2D eigenvalue weighted by Crippen LogP contribution is -2.41. The highest BCUT2D eigenvalue weighted by molar-refractivity contribution is 7.73. The molecular formula is C14H18N4S2. The fourth-order valence-corrected chi connectivity index (χ4v) is 3.49. The number of nitrogens with zero attached hydrogens (tertiary/aromatic N) is 2. The summed E-state index contributed by atoms with van der Waals surface area (Å²) in [5.41, 5.74) is 1.38. The molecule has 1 fully saturated rings. The van der Waals surface area contributed by atoms with E-state index in [0.717, 1.165) is 22.2 Å². The third-order valence-corrected chi connectivity index (χ3v) is 4.54. The van der Waals surface area contributed by atoms with Crippen LogP contribution >= 0.6 is 23.6 Å². The lowest BCUT2D eigenvalue weighted by molar-refractivity contribution is 0.208. The summed E-state index contributed by atoms with van der Waals surface area (Å²) in [4.78, 5) is 2.50. The highest BCUT2D eigenvalue weighted by Crippen LogP contribution is 2.19. The van der Waals surface area contributed by atoms with E-state index >= 15 is 0 Å². The van der Waals surface area contributed by atoms with Crippen molar-refractivity contribution in [2.24, 2.45) is 0 Å². The van der Waals surface area contributed by atoms with E-state index in [1.807, 2.05) is 0 Å². The highest BCUT2D eigenvalue weighted by atomic mass is 32.1. The van der Waals surface area contributed by atoms with Gasteiger partial charge >= 0.3 is 0 Å². The molecule has 1 unspecified atom stereocenters. The van der Waals surface area contributed by atoms with Crippen molar-refractivity contribution >= 4 is 28.7 Å². The summed E-state index contributed by atoms with van der Waals surface area (Å²) in [7, 11) is 0. The molecule has 6 heteroatoms. The predicted molar refractivity (Wildman–Crippen MR) is 85.7 cm³/mol. The molecule has 0 spiro atoms. The Morgan fingerprint density at radius 2 is 2.25 bits per heavy atom. The van der Waals surface area contributed by atoms with E-state index in [2.05, 4.69) is 50.7 Å². The largest absolute Gasteiger partial charge is 0.356 e. The first-order valence-corrected chi connectivity index (χ1v) is 8.10. The molecule has 1 aromatic carbocycles. The number of nitrogens with one attached hydrogen (secondary N) is 2. The number of benzene rings is 1. The molecule has 1 atom stereocenters. The van der Waals surface area contributed by atoms with E-state index < -0.39 is 0 Å². The van der Waals surface area contributed by atoms with Gasteiger partial charge in [0.2, 0.25) is 5.13 Å². The summed E-state index contributed by atoms with van der Waals surface area (Å²) in [6.07, 6.45) is 2.41. The van der Waals surface area contributed by atoms with Crippen LogP contribution in [0.1, 0.15) is 18.4 Å². The van der Waals surface area contributed by atoms with Gasteiger partial charge in [-0.2, -0.15) is 0 Å². The van der Waals surface area contributed by atoms with E-state index in [1.165, 1.54) is 36.3 Å². The zero-order chi connectivity index (χ0) is 13.8. The average Bonchev–Trinajstić information content (AvgIpc) is 2.86. The van der Waals surface area contributed by atoms with Crippen molar-refractivity contribution in [1.82, 2.24) is 15.1 Å². The van der Waals surface area contributed by atoms with Gasteiger partial charge in [-0.05, 0) is 37.2 Å². The van der Waals surface area contributed by atoms with E-state index in [0.29, 0.717) is 6.04 Å². The minimum absolute atomic E-state index is 0.460. The molecule has 1 saturated heterocycles. The average molecular weight is 306 g/mol. The third-order valence-electron chi connectivity index (χ3n) is 3.52. The molecule has 1 aromatic heterocycles. The number of hydrogen-bond acceptors (Lipinski definition) is 5. The van der Waals surface area contributed by atoms with Crippen LogP contribution in [0.3, 0.4) is 0 Å². The summed E-state index contributed by atoms with van der Waals surface area (Å²) < 4.78 is 0.726. The van der Waals surface area contributed by atoms with Gasteiger partial charge in [0, 0.05) is 19.1 Å². The van der Waals surface area contributed by atoms with E-state index in [-0.39, 0.29) is 0 Å². The van der Waals surface area contributed by atoms with Crippen molar-refractivity contribution in [3.63, 3.8) is 0 Å². The summed E-state index contributed by atoms with van der Waals surface area (Å²) in [6.45, 7) is 3.25. The molecule has 2 N–H and O–H groups in total. The number of H-pyrrole nitrogens is 1. The number of aromatic amines is 1. The minimum atomic E-state index is 0.460. The zero-order valence-electron chi connectivity index (χ0n) is 11.2.